The van der Waals surface area contributed by atoms with E-state index in [0.29, 0.717) is 17.2 Å². The predicted octanol–water partition coefficient (Wildman–Crippen LogP) is 6.63. The second-order valence-electron chi connectivity index (χ2n) is 11.3. The first-order valence-electron chi connectivity index (χ1n) is 13.4. The lowest BCUT2D eigenvalue weighted by atomic mass is 10.00. The lowest BCUT2D eigenvalue weighted by molar-refractivity contribution is -0.144. The Morgan fingerprint density at radius 3 is 2.38 bits per heavy atom. The number of aromatic nitrogens is 1. The fraction of sp³-hybridized carbons (Fsp3) is 0.452. The maximum atomic E-state index is 12.8. The summed E-state index contributed by atoms with van der Waals surface area (Å²) in [5, 5.41) is 3.23. The Bertz CT molecular complexity index is 1180. The zero-order valence-electron chi connectivity index (χ0n) is 24.9. The first-order chi connectivity index (χ1) is 18.8. The number of pyridine rings is 1. The number of rotatable bonds is 13. The number of amides is 1. The van der Waals surface area contributed by atoms with Gasteiger partial charge in [0.05, 0.1) is 25.3 Å². The minimum atomic E-state index is -2.08. The largest absolute Gasteiger partial charge is 0.495 e. The van der Waals surface area contributed by atoms with Gasteiger partial charge < -0.3 is 19.2 Å². The van der Waals surface area contributed by atoms with Crippen molar-refractivity contribution in [1.29, 1.82) is 0 Å². The molecule has 0 aliphatic heterocycles. The minimum Gasteiger partial charge on any atom is -0.495 e. The molecule has 0 bridgehead atoms. The number of benzene rings is 1. The van der Waals surface area contributed by atoms with Crippen molar-refractivity contribution in [3.63, 3.8) is 0 Å². The SMILES string of the molecule is COC(=O)[C@@H](Cc1ccc(OC)c(Cl)c1)NC(=O)/C=C/C[C@H](O[Si](C)(C)C(C)(C)C)[C@H](C)/C=C/c1ccncc1. The van der Waals surface area contributed by atoms with Gasteiger partial charge in [0, 0.05) is 18.8 Å². The molecule has 1 N–H and O–H groups in total. The van der Waals surface area contributed by atoms with Crippen LogP contribution < -0.4 is 10.1 Å². The topological polar surface area (TPSA) is 86.8 Å². The van der Waals surface area contributed by atoms with Gasteiger partial charge in [-0.15, -0.1) is 0 Å². The maximum absolute atomic E-state index is 12.8. The summed E-state index contributed by atoms with van der Waals surface area (Å²) in [5.41, 5.74) is 1.83. The lowest BCUT2D eigenvalue weighted by Gasteiger charge is -2.40. The Kier molecular flexibility index (Phi) is 12.6. The first-order valence-corrected chi connectivity index (χ1v) is 16.7. The Balaban J connectivity index is 2.14. The molecular formula is C31H43ClN2O5Si. The van der Waals surface area contributed by atoms with Crippen molar-refractivity contribution in [3.05, 3.63) is 77.1 Å². The molecule has 2 rings (SSSR count). The van der Waals surface area contributed by atoms with Crippen molar-refractivity contribution in [2.24, 2.45) is 5.92 Å². The van der Waals surface area contributed by atoms with Gasteiger partial charge in [-0.1, -0.05) is 63.6 Å². The molecule has 0 unspecified atom stereocenters. The van der Waals surface area contributed by atoms with Crippen molar-refractivity contribution in [2.75, 3.05) is 14.2 Å². The molecular weight excluding hydrogens is 544 g/mol. The van der Waals surface area contributed by atoms with Gasteiger partial charge in [-0.25, -0.2) is 4.79 Å². The van der Waals surface area contributed by atoms with E-state index in [2.05, 4.69) is 63.2 Å². The van der Waals surface area contributed by atoms with Gasteiger partial charge in [0.1, 0.15) is 11.8 Å². The molecule has 1 amide bonds. The summed E-state index contributed by atoms with van der Waals surface area (Å²) in [5.74, 6) is -0.298. The highest BCUT2D eigenvalue weighted by Gasteiger charge is 2.39. The highest BCUT2D eigenvalue weighted by molar-refractivity contribution is 6.74. The standard InChI is InChI=1S/C31H43ClN2O5Si/c1-22(12-13-23-16-18-33-19-17-23)27(39-40(7,8)31(2,3)4)10-9-11-29(35)34-26(30(36)38-6)21-24-14-15-28(37-5)25(32)20-24/h9,11-20,22,26-27H,10,21H2,1-8H3,(H,34,35)/b11-9+,13-12+/t22-,26-,27+/m1/s1. The highest BCUT2D eigenvalue weighted by Crippen LogP contribution is 2.38. The van der Waals surface area contributed by atoms with Crippen LogP contribution in [0.5, 0.6) is 5.75 Å². The second-order valence-corrected chi connectivity index (χ2v) is 16.5. The number of methoxy groups -OCH3 is 2. The van der Waals surface area contributed by atoms with Gasteiger partial charge in [0.2, 0.25) is 5.91 Å². The molecule has 1 aromatic heterocycles. The van der Waals surface area contributed by atoms with E-state index in [0.717, 1.165) is 11.1 Å². The molecule has 7 nitrogen and oxygen atoms in total. The second kappa shape index (κ2) is 15.2. The molecule has 3 atom stereocenters. The Hall–Kier alpha value is -2.94. The number of ether oxygens (including phenoxy) is 2. The fourth-order valence-electron chi connectivity index (χ4n) is 3.72. The highest BCUT2D eigenvalue weighted by atomic mass is 35.5. The number of hydrogen-bond donors (Lipinski definition) is 1. The van der Waals surface area contributed by atoms with E-state index < -0.39 is 20.3 Å². The van der Waals surface area contributed by atoms with Crippen molar-refractivity contribution >= 4 is 37.9 Å². The first kappa shape index (κ1) is 33.3. The molecule has 0 saturated heterocycles. The average molecular weight is 587 g/mol. The number of carbonyl (C=O) groups excluding carboxylic acids is 2. The fourth-order valence-corrected chi connectivity index (χ4v) is 5.43. The summed E-state index contributed by atoms with van der Waals surface area (Å²) in [4.78, 5) is 29.3. The van der Waals surface area contributed by atoms with Crippen molar-refractivity contribution in [3.8, 4) is 5.75 Å². The van der Waals surface area contributed by atoms with E-state index in [-0.39, 0.29) is 29.4 Å². The van der Waals surface area contributed by atoms with Gasteiger partial charge in [-0.05, 0) is 71.9 Å². The summed E-state index contributed by atoms with van der Waals surface area (Å²) in [6.07, 6.45) is 11.6. The van der Waals surface area contributed by atoms with Gasteiger partial charge >= 0.3 is 5.97 Å². The zero-order chi connectivity index (χ0) is 29.9. The summed E-state index contributed by atoms with van der Waals surface area (Å²) < 4.78 is 16.9. The Morgan fingerprint density at radius 2 is 1.80 bits per heavy atom. The molecule has 40 heavy (non-hydrogen) atoms. The van der Waals surface area contributed by atoms with E-state index in [1.807, 2.05) is 18.2 Å². The summed E-state index contributed by atoms with van der Waals surface area (Å²) >= 11 is 6.23. The summed E-state index contributed by atoms with van der Waals surface area (Å²) in [6.45, 7) is 13.2. The molecule has 0 spiro atoms. The summed E-state index contributed by atoms with van der Waals surface area (Å²) in [7, 11) is 0.750. The monoisotopic (exact) mass is 586 g/mol. The third-order valence-electron chi connectivity index (χ3n) is 7.23. The van der Waals surface area contributed by atoms with Crippen LogP contribution in [-0.2, 0) is 25.2 Å². The number of halogens is 1. The quantitative estimate of drug-likeness (QED) is 0.161. The Labute approximate surface area is 245 Å². The van der Waals surface area contributed by atoms with E-state index in [1.165, 1.54) is 20.3 Å². The minimum absolute atomic E-state index is 0.0406. The van der Waals surface area contributed by atoms with E-state index >= 15 is 0 Å². The summed E-state index contributed by atoms with van der Waals surface area (Å²) in [6, 6.07) is 8.27. The average Bonchev–Trinajstić information content (AvgIpc) is 2.90. The third kappa shape index (κ3) is 10.2. The number of carbonyl (C=O) groups is 2. The molecule has 1 aromatic carbocycles. The predicted molar refractivity (Wildman–Crippen MR) is 164 cm³/mol. The molecule has 0 fully saturated rings. The third-order valence-corrected chi connectivity index (χ3v) is 12.0. The van der Waals surface area contributed by atoms with Crippen LogP contribution in [0.1, 0.15) is 45.2 Å². The van der Waals surface area contributed by atoms with Gasteiger partial charge in [0.25, 0.3) is 0 Å². The van der Waals surface area contributed by atoms with Crippen LogP contribution in [0.2, 0.25) is 23.2 Å². The molecule has 0 aliphatic carbocycles. The lowest BCUT2D eigenvalue weighted by Crippen LogP contribution is -2.45. The zero-order valence-corrected chi connectivity index (χ0v) is 26.6. The van der Waals surface area contributed by atoms with Crippen LogP contribution in [-0.4, -0.2) is 51.5 Å². The number of hydrogen-bond acceptors (Lipinski definition) is 6. The smallest absolute Gasteiger partial charge is 0.328 e. The van der Waals surface area contributed by atoms with Crippen molar-refractivity contribution in [2.45, 2.75) is 70.8 Å². The van der Waals surface area contributed by atoms with Crippen LogP contribution in [0.3, 0.4) is 0 Å². The number of esters is 1. The molecule has 0 radical (unpaired) electrons. The Morgan fingerprint density at radius 1 is 1.12 bits per heavy atom. The molecule has 0 saturated carbocycles. The molecule has 218 valence electrons. The van der Waals surface area contributed by atoms with Crippen LogP contribution in [0.15, 0.2) is 61.0 Å². The van der Waals surface area contributed by atoms with Crippen LogP contribution in [0.4, 0.5) is 0 Å². The van der Waals surface area contributed by atoms with Crippen LogP contribution in [0, 0.1) is 5.92 Å². The van der Waals surface area contributed by atoms with Crippen LogP contribution >= 0.6 is 11.6 Å². The molecule has 2 aromatic rings. The van der Waals surface area contributed by atoms with E-state index in [9.17, 15) is 9.59 Å². The molecule has 9 heteroatoms. The van der Waals surface area contributed by atoms with Crippen molar-refractivity contribution < 1.29 is 23.5 Å². The van der Waals surface area contributed by atoms with Crippen LogP contribution in [0.25, 0.3) is 6.08 Å². The molecule has 1 heterocycles. The van der Waals surface area contributed by atoms with E-state index in [4.69, 9.17) is 25.5 Å². The van der Waals surface area contributed by atoms with Gasteiger partial charge in [-0.3, -0.25) is 9.78 Å². The normalized spacial score (nSPS) is 14.6. The van der Waals surface area contributed by atoms with E-state index in [1.54, 1.807) is 30.6 Å². The number of nitrogens with one attached hydrogen (secondary N) is 1. The van der Waals surface area contributed by atoms with Crippen molar-refractivity contribution in [1.82, 2.24) is 10.3 Å². The van der Waals surface area contributed by atoms with Gasteiger partial charge in [-0.2, -0.15) is 0 Å². The number of nitrogens with zero attached hydrogens (tertiary/aromatic N) is 1. The maximum Gasteiger partial charge on any atom is 0.328 e. The van der Waals surface area contributed by atoms with Gasteiger partial charge in [0.15, 0.2) is 8.32 Å². The molecule has 0 aliphatic rings.